The molecule has 0 aromatic rings. The van der Waals surface area contributed by atoms with Crippen LogP contribution in [0.2, 0.25) is 0 Å². The molecule has 2 atom stereocenters. The Labute approximate surface area is 67.9 Å². The number of hydrogen-bond acceptors (Lipinski definition) is 2. The maximum absolute atomic E-state index is 8.82. The summed E-state index contributed by atoms with van der Waals surface area (Å²) in [6, 6.07) is 0. The smallest absolute Gasteiger partial charge is 0.0814 e. The minimum Gasteiger partial charge on any atom is -0.394 e. The van der Waals surface area contributed by atoms with Gasteiger partial charge in [-0.3, -0.25) is 0 Å². The predicted octanol–water partition coefficient (Wildman–Crippen LogP) is 1.49. The van der Waals surface area contributed by atoms with Crippen molar-refractivity contribution in [1.82, 2.24) is 0 Å². The summed E-state index contributed by atoms with van der Waals surface area (Å²) in [5, 5.41) is 8.82. The van der Waals surface area contributed by atoms with Gasteiger partial charge in [-0.05, 0) is 26.2 Å². The van der Waals surface area contributed by atoms with Crippen molar-refractivity contribution >= 4 is 0 Å². The van der Waals surface area contributed by atoms with Crippen LogP contribution in [0.1, 0.15) is 26.2 Å². The molecule has 0 aromatic heterocycles. The van der Waals surface area contributed by atoms with Crippen LogP contribution < -0.4 is 0 Å². The predicted molar refractivity (Wildman–Crippen MR) is 44.4 cm³/mol. The van der Waals surface area contributed by atoms with Crippen LogP contribution >= 0.6 is 0 Å². The lowest BCUT2D eigenvalue weighted by Gasteiger charge is -2.22. The van der Waals surface area contributed by atoms with Gasteiger partial charge < -0.3 is 9.84 Å². The quantitative estimate of drug-likeness (QED) is 0.627. The van der Waals surface area contributed by atoms with Gasteiger partial charge in [0.15, 0.2) is 0 Å². The number of ether oxygens (including phenoxy) is 1. The van der Waals surface area contributed by atoms with Gasteiger partial charge in [0.1, 0.15) is 0 Å². The Hall–Kier alpha value is -0.340. The zero-order valence-electron chi connectivity index (χ0n) is 7.05. The first-order valence-corrected chi connectivity index (χ1v) is 4.10. The highest BCUT2D eigenvalue weighted by Crippen LogP contribution is 2.32. The lowest BCUT2D eigenvalue weighted by atomic mass is 9.98. The summed E-state index contributed by atoms with van der Waals surface area (Å²) in [6.07, 6.45) is 4.81. The number of aliphatic hydroxyl groups excluding tert-OH is 1. The Morgan fingerprint density at radius 2 is 2.55 bits per heavy atom. The molecule has 64 valence electrons. The first-order valence-electron chi connectivity index (χ1n) is 4.10. The normalized spacial score (nSPS) is 37.5. The van der Waals surface area contributed by atoms with Crippen LogP contribution in [0, 0.1) is 0 Å². The van der Waals surface area contributed by atoms with Gasteiger partial charge in [-0.15, -0.1) is 6.58 Å². The van der Waals surface area contributed by atoms with E-state index in [1.54, 1.807) is 0 Å². The van der Waals surface area contributed by atoms with Gasteiger partial charge in [0, 0.05) is 0 Å². The lowest BCUT2D eigenvalue weighted by Crippen LogP contribution is -2.25. The summed E-state index contributed by atoms with van der Waals surface area (Å²) in [5.41, 5.74) is -0.0604. The Morgan fingerprint density at radius 1 is 1.82 bits per heavy atom. The van der Waals surface area contributed by atoms with E-state index in [-0.39, 0.29) is 18.3 Å². The molecule has 0 aromatic carbocycles. The number of rotatable bonds is 3. The van der Waals surface area contributed by atoms with Crippen molar-refractivity contribution in [2.75, 3.05) is 6.61 Å². The van der Waals surface area contributed by atoms with Gasteiger partial charge in [-0.2, -0.15) is 0 Å². The number of aliphatic hydroxyl groups is 1. The van der Waals surface area contributed by atoms with E-state index < -0.39 is 0 Å². The van der Waals surface area contributed by atoms with Gasteiger partial charge in [0.05, 0.1) is 18.3 Å². The zero-order chi connectivity index (χ0) is 8.32. The Balaban J connectivity index is 2.43. The van der Waals surface area contributed by atoms with E-state index in [0.29, 0.717) is 0 Å². The second kappa shape index (κ2) is 3.37. The summed E-state index contributed by atoms with van der Waals surface area (Å²) in [4.78, 5) is 0. The van der Waals surface area contributed by atoms with Crippen molar-refractivity contribution < 1.29 is 9.84 Å². The molecule has 0 bridgehead atoms. The van der Waals surface area contributed by atoms with Crippen LogP contribution in [-0.4, -0.2) is 23.4 Å². The third kappa shape index (κ3) is 2.04. The van der Waals surface area contributed by atoms with Crippen LogP contribution in [0.5, 0.6) is 0 Å². The van der Waals surface area contributed by atoms with Crippen molar-refractivity contribution in [3.05, 3.63) is 12.7 Å². The third-order valence-electron chi connectivity index (χ3n) is 2.23. The molecule has 2 heteroatoms. The third-order valence-corrected chi connectivity index (χ3v) is 2.23. The van der Waals surface area contributed by atoms with Crippen LogP contribution in [0.3, 0.4) is 0 Å². The topological polar surface area (TPSA) is 29.5 Å². The van der Waals surface area contributed by atoms with E-state index in [1.165, 1.54) is 0 Å². The van der Waals surface area contributed by atoms with Gasteiger partial charge in [0.25, 0.3) is 0 Å². The fraction of sp³-hybridized carbons (Fsp3) is 0.778. The Morgan fingerprint density at radius 3 is 3.00 bits per heavy atom. The molecule has 1 saturated heterocycles. The number of hydrogen-bond donors (Lipinski definition) is 1. The molecular formula is C9H16O2. The minimum absolute atomic E-state index is 0.0555. The molecule has 1 aliphatic rings. The highest BCUT2D eigenvalue weighted by molar-refractivity contribution is 4.90. The molecule has 0 unspecified atom stereocenters. The first-order chi connectivity index (χ1) is 5.20. The Bertz CT molecular complexity index is 144. The zero-order valence-corrected chi connectivity index (χ0v) is 7.05. The van der Waals surface area contributed by atoms with Crippen molar-refractivity contribution in [1.29, 1.82) is 0 Å². The van der Waals surface area contributed by atoms with Crippen molar-refractivity contribution in [2.24, 2.45) is 0 Å². The average Bonchev–Trinajstić information content (AvgIpc) is 2.33. The fourth-order valence-corrected chi connectivity index (χ4v) is 1.57. The molecule has 1 fully saturated rings. The molecule has 0 amide bonds. The maximum atomic E-state index is 8.82. The highest BCUT2D eigenvalue weighted by Gasteiger charge is 2.34. The molecule has 0 saturated carbocycles. The molecule has 0 spiro atoms. The minimum atomic E-state index is -0.0604. The second-order valence-electron chi connectivity index (χ2n) is 3.40. The van der Waals surface area contributed by atoms with Crippen molar-refractivity contribution in [2.45, 2.75) is 37.9 Å². The van der Waals surface area contributed by atoms with Crippen LogP contribution in [-0.2, 0) is 4.74 Å². The van der Waals surface area contributed by atoms with E-state index >= 15 is 0 Å². The molecule has 11 heavy (non-hydrogen) atoms. The standard InChI is InChI=1S/C9H16O2/c1-3-5-9(2)6-4-8(7-10)11-9/h3,8,10H,1,4-7H2,2H3/t8-,9-/m1/s1. The van der Waals surface area contributed by atoms with E-state index in [0.717, 1.165) is 19.3 Å². The maximum Gasteiger partial charge on any atom is 0.0814 e. The molecule has 0 aliphatic carbocycles. The van der Waals surface area contributed by atoms with Crippen LogP contribution in [0.25, 0.3) is 0 Å². The molecule has 1 heterocycles. The highest BCUT2D eigenvalue weighted by atomic mass is 16.5. The van der Waals surface area contributed by atoms with E-state index in [1.807, 2.05) is 6.08 Å². The molecule has 0 radical (unpaired) electrons. The van der Waals surface area contributed by atoms with E-state index in [2.05, 4.69) is 13.5 Å². The SMILES string of the molecule is C=CC[C@]1(C)CC[C@H](CO)O1. The first kappa shape index (κ1) is 8.75. The lowest BCUT2D eigenvalue weighted by molar-refractivity contribution is -0.0460. The van der Waals surface area contributed by atoms with Gasteiger partial charge >= 0.3 is 0 Å². The summed E-state index contributed by atoms with van der Waals surface area (Å²) < 4.78 is 5.62. The van der Waals surface area contributed by atoms with Crippen molar-refractivity contribution in [3.8, 4) is 0 Å². The summed E-state index contributed by atoms with van der Waals surface area (Å²) >= 11 is 0. The van der Waals surface area contributed by atoms with Crippen LogP contribution in [0.4, 0.5) is 0 Å². The van der Waals surface area contributed by atoms with Crippen molar-refractivity contribution in [3.63, 3.8) is 0 Å². The average molecular weight is 156 g/mol. The Kier molecular flexibility index (Phi) is 2.68. The van der Waals surface area contributed by atoms with Crippen LogP contribution in [0.15, 0.2) is 12.7 Å². The van der Waals surface area contributed by atoms with E-state index in [4.69, 9.17) is 9.84 Å². The van der Waals surface area contributed by atoms with Gasteiger partial charge in [0.2, 0.25) is 0 Å². The fourth-order valence-electron chi connectivity index (χ4n) is 1.57. The molecule has 1 N–H and O–H groups in total. The van der Waals surface area contributed by atoms with Gasteiger partial charge in [-0.25, -0.2) is 0 Å². The molecule has 2 nitrogen and oxygen atoms in total. The molecule has 1 rings (SSSR count). The molecular weight excluding hydrogens is 140 g/mol. The monoisotopic (exact) mass is 156 g/mol. The van der Waals surface area contributed by atoms with E-state index in [9.17, 15) is 0 Å². The summed E-state index contributed by atoms with van der Waals surface area (Å²) in [7, 11) is 0. The summed E-state index contributed by atoms with van der Waals surface area (Å²) in [5.74, 6) is 0. The molecule has 1 aliphatic heterocycles. The largest absolute Gasteiger partial charge is 0.394 e. The van der Waals surface area contributed by atoms with Gasteiger partial charge in [-0.1, -0.05) is 6.08 Å². The second-order valence-corrected chi connectivity index (χ2v) is 3.40. The summed E-state index contributed by atoms with van der Waals surface area (Å²) in [6.45, 7) is 5.90.